The van der Waals surface area contributed by atoms with Crippen LogP contribution >= 0.6 is 0 Å². The van der Waals surface area contributed by atoms with E-state index in [-0.39, 0.29) is 6.04 Å². The van der Waals surface area contributed by atoms with Crippen molar-refractivity contribution in [2.45, 2.75) is 13.0 Å². The first kappa shape index (κ1) is 12.0. The highest BCUT2D eigenvalue weighted by atomic mass is 16.5. The lowest BCUT2D eigenvalue weighted by atomic mass is 10.1. The van der Waals surface area contributed by atoms with Gasteiger partial charge in [-0.3, -0.25) is 0 Å². The molecule has 0 aliphatic heterocycles. The average Bonchev–Trinajstić information content (AvgIpc) is 2.17. The molecule has 1 aromatic rings. The van der Waals surface area contributed by atoms with Crippen molar-refractivity contribution in [3.05, 3.63) is 29.8 Å². The maximum Gasteiger partial charge on any atom is 0.119 e. The summed E-state index contributed by atoms with van der Waals surface area (Å²) in [6.45, 7) is 3.59. The second kappa shape index (κ2) is 5.73. The molecule has 0 bridgehead atoms. The molecule has 0 heterocycles. The normalized spacial score (nSPS) is 12.9. The number of hydrogen-bond acceptors (Lipinski definition) is 3. The Morgan fingerprint density at radius 2 is 2.13 bits per heavy atom. The molecular weight excluding hydrogens is 188 g/mol. The number of likely N-dealkylation sites (N-methyl/N-ethyl adjacent to an activating group) is 1. The standard InChI is InChI=1S/C12H20N2O/c1-10(13)11-5-4-6-12(9-11)15-8-7-14(2)3/h4-6,9-10H,7-8,13H2,1-3H3/t10-/m1/s1. The summed E-state index contributed by atoms with van der Waals surface area (Å²) < 4.78 is 5.61. The Morgan fingerprint density at radius 1 is 1.40 bits per heavy atom. The van der Waals surface area contributed by atoms with Gasteiger partial charge in [0.1, 0.15) is 12.4 Å². The SMILES string of the molecule is C[C@@H](N)c1cccc(OCCN(C)C)c1. The fourth-order valence-electron chi connectivity index (χ4n) is 1.23. The van der Waals surface area contributed by atoms with Crippen molar-refractivity contribution in [3.8, 4) is 5.75 Å². The number of nitrogens with two attached hydrogens (primary N) is 1. The van der Waals surface area contributed by atoms with Gasteiger partial charge in [0.2, 0.25) is 0 Å². The molecule has 1 aromatic carbocycles. The molecule has 0 radical (unpaired) electrons. The molecule has 0 saturated heterocycles. The van der Waals surface area contributed by atoms with Crippen LogP contribution in [0.15, 0.2) is 24.3 Å². The Labute approximate surface area is 91.8 Å². The van der Waals surface area contributed by atoms with Crippen molar-refractivity contribution in [2.24, 2.45) is 5.73 Å². The second-order valence-corrected chi connectivity index (χ2v) is 4.01. The van der Waals surface area contributed by atoms with E-state index in [0.717, 1.165) is 17.9 Å². The van der Waals surface area contributed by atoms with E-state index in [1.54, 1.807) is 0 Å². The molecule has 0 aliphatic rings. The molecule has 2 N–H and O–H groups in total. The van der Waals surface area contributed by atoms with Crippen molar-refractivity contribution in [3.63, 3.8) is 0 Å². The van der Waals surface area contributed by atoms with Crippen LogP contribution in [0.5, 0.6) is 5.75 Å². The maximum atomic E-state index is 5.80. The lowest BCUT2D eigenvalue weighted by molar-refractivity contribution is 0.261. The van der Waals surface area contributed by atoms with Crippen LogP contribution in [0.25, 0.3) is 0 Å². The Morgan fingerprint density at radius 3 is 2.73 bits per heavy atom. The average molecular weight is 208 g/mol. The molecule has 84 valence electrons. The quantitative estimate of drug-likeness (QED) is 0.799. The lowest BCUT2D eigenvalue weighted by Crippen LogP contribution is -2.19. The van der Waals surface area contributed by atoms with Crippen LogP contribution < -0.4 is 10.5 Å². The third kappa shape index (κ3) is 4.32. The van der Waals surface area contributed by atoms with Crippen molar-refractivity contribution < 1.29 is 4.74 Å². The van der Waals surface area contributed by atoms with Gasteiger partial charge in [-0.25, -0.2) is 0 Å². The van der Waals surface area contributed by atoms with Crippen LogP contribution in [-0.4, -0.2) is 32.1 Å². The highest BCUT2D eigenvalue weighted by Gasteiger charge is 2.01. The summed E-state index contributed by atoms with van der Waals surface area (Å²) in [5.41, 5.74) is 6.90. The number of rotatable bonds is 5. The Balaban J connectivity index is 2.50. The molecule has 0 aromatic heterocycles. The van der Waals surface area contributed by atoms with Crippen LogP contribution in [0.3, 0.4) is 0 Å². The van der Waals surface area contributed by atoms with Gasteiger partial charge in [0.05, 0.1) is 0 Å². The molecule has 0 fully saturated rings. The molecule has 15 heavy (non-hydrogen) atoms. The number of ether oxygens (including phenoxy) is 1. The minimum Gasteiger partial charge on any atom is -0.492 e. The molecule has 0 saturated carbocycles. The van der Waals surface area contributed by atoms with Gasteiger partial charge < -0.3 is 15.4 Å². The van der Waals surface area contributed by atoms with Crippen molar-refractivity contribution in [1.29, 1.82) is 0 Å². The topological polar surface area (TPSA) is 38.5 Å². The zero-order valence-corrected chi connectivity index (χ0v) is 9.73. The molecule has 0 aliphatic carbocycles. The molecule has 1 atom stereocenters. The van der Waals surface area contributed by atoms with E-state index in [4.69, 9.17) is 10.5 Å². The molecule has 0 amide bonds. The van der Waals surface area contributed by atoms with E-state index < -0.39 is 0 Å². The Kier molecular flexibility index (Phi) is 4.59. The van der Waals surface area contributed by atoms with E-state index in [1.807, 2.05) is 45.3 Å². The van der Waals surface area contributed by atoms with Crippen LogP contribution in [0.2, 0.25) is 0 Å². The third-order valence-electron chi connectivity index (χ3n) is 2.19. The van der Waals surface area contributed by atoms with E-state index in [2.05, 4.69) is 4.90 Å². The summed E-state index contributed by atoms with van der Waals surface area (Å²) in [5, 5.41) is 0. The van der Waals surface area contributed by atoms with Gasteiger partial charge in [0, 0.05) is 12.6 Å². The highest BCUT2D eigenvalue weighted by molar-refractivity contribution is 5.30. The van der Waals surface area contributed by atoms with Crippen LogP contribution in [0, 0.1) is 0 Å². The van der Waals surface area contributed by atoms with E-state index in [0.29, 0.717) is 6.61 Å². The molecule has 0 spiro atoms. The predicted molar refractivity (Wildman–Crippen MR) is 63.1 cm³/mol. The predicted octanol–water partition coefficient (Wildman–Crippen LogP) is 1.65. The van der Waals surface area contributed by atoms with Gasteiger partial charge >= 0.3 is 0 Å². The number of nitrogens with zero attached hydrogens (tertiary/aromatic N) is 1. The maximum absolute atomic E-state index is 5.80. The minimum atomic E-state index is 0.0578. The van der Waals surface area contributed by atoms with Gasteiger partial charge in [-0.15, -0.1) is 0 Å². The van der Waals surface area contributed by atoms with E-state index in [1.165, 1.54) is 0 Å². The zero-order valence-electron chi connectivity index (χ0n) is 9.73. The number of hydrogen-bond donors (Lipinski definition) is 1. The Bertz CT molecular complexity index is 297. The first-order chi connectivity index (χ1) is 7.09. The van der Waals surface area contributed by atoms with Gasteiger partial charge in [-0.1, -0.05) is 12.1 Å². The van der Waals surface area contributed by atoms with Crippen LogP contribution in [-0.2, 0) is 0 Å². The first-order valence-electron chi connectivity index (χ1n) is 5.22. The smallest absolute Gasteiger partial charge is 0.119 e. The van der Waals surface area contributed by atoms with Crippen LogP contribution in [0.4, 0.5) is 0 Å². The van der Waals surface area contributed by atoms with E-state index in [9.17, 15) is 0 Å². The number of benzene rings is 1. The summed E-state index contributed by atoms with van der Waals surface area (Å²) in [7, 11) is 4.06. The largest absolute Gasteiger partial charge is 0.492 e. The summed E-state index contributed by atoms with van der Waals surface area (Å²) >= 11 is 0. The first-order valence-corrected chi connectivity index (χ1v) is 5.22. The molecule has 0 unspecified atom stereocenters. The second-order valence-electron chi connectivity index (χ2n) is 4.01. The zero-order chi connectivity index (χ0) is 11.3. The lowest BCUT2D eigenvalue weighted by Gasteiger charge is -2.12. The van der Waals surface area contributed by atoms with Crippen LogP contribution in [0.1, 0.15) is 18.5 Å². The van der Waals surface area contributed by atoms with Gasteiger partial charge in [0.15, 0.2) is 0 Å². The van der Waals surface area contributed by atoms with Crippen molar-refractivity contribution in [2.75, 3.05) is 27.2 Å². The third-order valence-corrected chi connectivity index (χ3v) is 2.19. The summed E-state index contributed by atoms with van der Waals surface area (Å²) in [6.07, 6.45) is 0. The van der Waals surface area contributed by atoms with Crippen molar-refractivity contribution in [1.82, 2.24) is 4.90 Å². The minimum absolute atomic E-state index is 0.0578. The fraction of sp³-hybridized carbons (Fsp3) is 0.500. The van der Waals surface area contributed by atoms with Gasteiger partial charge in [-0.05, 0) is 38.7 Å². The Hall–Kier alpha value is -1.06. The molecular formula is C12H20N2O. The summed E-state index contributed by atoms with van der Waals surface area (Å²) in [4.78, 5) is 2.09. The molecule has 1 rings (SSSR count). The monoisotopic (exact) mass is 208 g/mol. The highest BCUT2D eigenvalue weighted by Crippen LogP contribution is 2.17. The van der Waals surface area contributed by atoms with Gasteiger partial charge in [0.25, 0.3) is 0 Å². The molecule has 3 nitrogen and oxygen atoms in total. The van der Waals surface area contributed by atoms with Crippen molar-refractivity contribution >= 4 is 0 Å². The van der Waals surface area contributed by atoms with Gasteiger partial charge in [-0.2, -0.15) is 0 Å². The van der Waals surface area contributed by atoms with E-state index >= 15 is 0 Å². The molecule has 3 heteroatoms. The summed E-state index contributed by atoms with van der Waals surface area (Å²) in [6, 6.07) is 8.01. The fourth-order valence-corrected chi connectivity index (χ4v) is 1.23. The summed E-state index contributed by atoms with van der Waals surface area (Å²) in [5.74, 6) is 0.895.